The Kier molecular flexibility index (Phi) is 5.43. The maximum absolute atomic E-state index is 13.8. The SMILES string of the molecule is Cc1cc(C)c(S(=O)(=O)N2C(=O)c3ccccc3I2C#Cc2ccccc2)c(C)c1. The van der Waals surface area contributed by atoms with E-state index in [1.807, 2.05) is 61.5 Å². The number of hydrogen-bond acceptors (Lipinski definition) is 3. The van der Waals surface area contributed by atoms with Gasteiger partial charge < -0.3 is 0 Å². The van der Waals surface area contributed by atoms with Crippen LogP contribution < -0.4 is 0 Å². The van der Waals surface area contributed by atoms with E-state index in [4.69, 9.17) is 0 Å². The first kappa shape index (κ1) is 20.6. The summed E-state index contributed by atoms with van der Waals surface area (Å²) in [6, 6.07) is 20.2. The van der Waals surface area contributed by atoms with Gasteiger partial charge in [0.05, 0.1) is 0 Å². The van der Waals surface area contributed by atoms with E-state index in [0.29, 0.717) is 16.7 Å². The van der Waals surface area contributed by atoms with Crippen molar-refractivity contribution >= 4 is 36.0 Å². The van der Waals surface area contributed by atoms with Crippen molar-refractivity contribution in [1.29, 1.82) is 0 Å². The second-order valence-electron chi connectivity index (χ2n) is 7.08. The van der Waals surface area contributed by atoms with Gasteiger partial charge in [0.25, 0.3) is 0 Å². The number of sulfonamides is 1. The summed E-state index contributed by atoms with van der Waals surface area (Å²) in [5.41, 5.74) is 3.51. The summed E-state index contributed by atoms with van der Waals surface area (Å²) in [5, 5.41) is 0. The molecule has 0 bridgehead atoms. The molecule has 0 saturated carbocycles. The molecule has 1 amide bonds. The fourth-order valence-corrected chi connectivity index (χ4v) is 11.8. The molecule has 0 atom stereocenters. The van der Waals surface area contributed by atoms with Gasteiger partial charge in [-0.3, -0.25) is 0 Å². The average molecular weight is 529 g/mol. The van der Waals surface area contributed by atoms with E-state index < -0.39 is 36.0 Å². The van der Waals surface area contributed by atoms with Gasteiger partial charge >= 0.3 is 185 Å². The van der Waals surface area contributed by atoms with E-state index in [1.54, 1.807) is 26.0 Å². The van der Waals surface area contributed by atoms with Crippen LogP contribution in [0.3, 0.4) is 0 Å². The van der Waals surface area contributed by atoms with E-state index in [-0.39, 0.29) is 4.90 Å². The molecule has 0 saturated heterocycles. The molecule has 0 N–H and O–H groups in total. The molecule has 3 aromatic carbocycles. The first-order valence-corrected chi connectivity index (χ1v) is 13.9. The van der Waals surface area contributed by atoms with Crippen molar-refractivity contribution in [1.82, 2.24) is 2.52 Å². The third-order valence-corrected chi connectivity index (χ3v) is 13.1. The molecule has 6 heteroatoms. The third-order valence-electron chi connectivity index (χ3n) is 4.74. The van der Waals surface area contributed by atoms with Gasteiger partial charge in [-0.2, -0.15) is 0 Å². The van der Waals surface area contributed by atoms with Crippen LogP contribution in [0.2, 0.25) is 0 Å². The molecule has 0 spiro atoms. The van der Waals surface area contributed by atoms with E-state index >= 15 is 0 Å². The van der Waals surface area contributed by atoms with Gasteiger partial charge in [0, 0.05) is 0 Å². The average Bonchev–Trinajstić information content (AvgIpc) is 2.99. The molecular weight excluding hydrogens is 509 g/mol. The summed E-state index contributed by atoms with van der Waals surface area (Å²) in [4.78, 5) is 13.5. The number of hydrogen-bond donors (Lipinski definition) is 0. The number of fused-ring (bicyclic) bond motifs is 1. The van der Waals surface area contributed by atoms with Crippen LogP contribution in [0, 0.1) is 34.2 Å². The van der Waals surface area contributed by atoms with E-state index in [9.17, 15) is 13.2 Å². The molecule has 0 fully saturated rings. The molecule has 30 heavy (non-hydrogen) atoms. The molecule has 4 nitrogen and oxygen atoms in total. The molecule has 152 valence electrons. The zero-order valence-electron chi connectivity index (χ0n) is 16.8. The third kappa shape index (κ3) is 3.53. The van der Waals surface area contributed by atoms with Crippen molar-refractivity contribution in [3.05, 3.63) is 98.1 Å². The molecule has 0 unspecified atom stereocenters. The molecule has 1 aliphatic rings. The molecule has 1 heterocycles. The molecular formula is C24H20INO3S. The number of amides is 1. The second-order valence-corrected chi connectivity index (χ2v) is 13.6. The quantitative estimate of drug-likeness (QED) is 0.265. The van der Waals surface area contributed by atoms with Crippen molar-refractivity contribution in [3.8, 4) is 9.85 Å². The van der Waals surface area contributed by atoms with Gasteiger partial charge in [-0.25, -0.2) is 0 Å². The zero-order chi connectivity index (χ0) is 21.5. The Labute approximate surface area is 184 Å². The standard InChI is InChI=1S/C24H20INO3S/c1-17-15-18(2)23(19(3)16-17)30(28,29)26-24(27)21-11-7-8-12-22(21)25(26)14-13-20-9-5-4-6-10-20/h4-12,15-16H,1-3H3. The van der Waals surface area contributed by atoms with Gasteiger partial charge in [-0.1, -0.05) is 0 Å². The minimum atomic E-state index is -4.04. The Morgan fingerprint density at radius 1 is 0.867 bits per heavy atom. The number of halogens is 1. The number of aryl methyl sites for hydroxylation is 3. The molecule has 3 aromatic rings. The molecule has 0 aliphatic carbocycles. The Bertz CT molecular complexity index is 1300. The number of benzene rings is 3. The van der Waals surface area contributed by atoms with Crippen LogP contribution in [0.4, 0.5) is 0 Å². The summed E-state index contributed by atoms with van der Waals surface area (Å²) in [7, 11) is -4.04. The molecule has 0 radical (unpaired) electrons. The summed E-state index contributed by atoms with van der Waals surface area (Å²) in [6.45, 7) is 5.47. The second kappa shape index (κ2) is 7.89. The predicted molar refractivity (Wildman–Crippen MR) is 126 cm³/mol. The summed E-state index contributed by atoms with van der Waals surface area (Å²) in [5.74, 6) is 2.63. The van der Waals surface area contributed by atoms with Crippen LogP contribution in [0.5, 0.6) is 0 Å². The van der Waals surface area contributed by atoms with Crippen LogP contribution in [0.1, 0.15) is 32.6 Å². The normalized spacial score (nSPS) is 14.3. The topological polar surface area (TPSA) is 54.5 Å². The first-order chi connectivity index (χ1) is 14.3. The predicted octanol–water partition coefficient (Wildman–Crippen LogP) is 5.06. The van der Waals surface area contributed by atoms with E-state index in [2.05, 4.69) is 9.85 Å². The monoisotopic (exact) mass is 529 g/mol. The molecule has 1 aliphatic heterocycles. The van der Waals surface area contributed by atoms with Gasteiger partial charge in [-0.05, 0) is 0 Å². The Balaban J connectivity index is 1.89. The minimum absolute atomic E-state index is 0.207. The Morgan fingerprint density at radius 2 is 1.47 bits per heavy atom. The van der Waals surface area contributed by atoms with Gasteiger partial charge in [-0.15, -0.1) is 0 Å². The molecule has 4 rings (SSSR count). The fourth-order valence-electron chi connectivity index (χ4n) is 3.61. The van der Waals surface area contributed by atoms with Gasteiger partial charge in [0.15, 0.2) is 0 Å². The Hall–Kier alpha value is -2.63. The van der Waals surface area contributed by atoms with Crippen molar-refractivity contribution < 1.29 is 13.2 Å². The van der Waals surface area contributed by atoms with Crippen LogP contribution in [0.15, 0.2) is 71.6 Å². The van der Waals surface area contributed by atoms with Crippen molar-refractivity contribution in [2.24, 2.45) is 0 Å². The number of rotatable bonds is 2. The van der Waals surface area contributed by atoms with Crippen LogP contribution in [0.25, 0.3) is 0 Å². The van der Waals surface area contributed by atoms with Crippen molar-refractivity contribution in [3.63, 3.8) is 0 Å². The number of carbonyl (C=O) groups is 1. The van der Waals surface area contributed by atoms with Crippen LogP contribution in [-0.2, 0) is 10.0 Å². The fraction of sp³-hybridized carbons (Fsp3) is 0.125. The summed E-state index contributed by atoms with van der Waals surface area (Å²) in [6.07, 6.45) is 0. The van der Waals surface area contributed by atoms with Crippen LogP contribution in [-0.4, -0.2) is 16.8 Å². The van der Waals surface area contributed by atoms with Crippen molar-refractivity contribution in [2.75, 3.05) is 0 Å². The Morgan fingerprint density at radius 3 is 2.13 bits per heavy atom. The van der Waals surface area contributed by atoms with Gasteiger partial charge in [0.2, 0.25) is 0 Å². The number of nitrogens with zero attached hydrogens (tertiary/aromatic N) is 1. The first-order valence-electron chi connectivity index (χ1n) is 9.34. The van der Waals surface area contributed by atoms with Crippen LogP contribution >= 0.6 is 20.1 Å². The molecule has 0 aromatic heterocycles. The van der Waals surface area contributed by atoms with E-state index in [1.165, 1.54) is 0 Å². The zero-order valence-corrected chi connectivity index (χ0v) is 19.8. The van der Waals surface area contributed by atoms with E-state index in [0.717, 1.165) is 17.2 Å². The number of carbonyl (C=O) groups excluding carboxylic acids is 1. The maximum atomic E-state index is 13.8. The van der Waals surface area contributed by atoms with Gasteiger partial charge in [0.1, 0.15) is 0 Å². The van der Waals surface area contributed by atoms with Crippen molar-refractivity contribution in [2.45, 2.75) is 25.7 Å². The summed E-state index contributed by atoms with van der Waals surface area (Å²) >= 11 is -2.86. The summed E-state index contributed by atoms with van der Waals surface area (Å²) < 4.78 is 32.6.